The van der Waals surface area contributed by atoms with E-state index in [4.69, 9.17) is 9.47 Å². The lowest BCUT2D eigenvalue weighted by Gasteiger charge is -2.16. The van der Waals surface area contributed by atoms with Crippen molar-refractivity contribution in [2.45, 2.75) is 27.0 Å². The van der Waals surface area contributed by atoms with Crippen molar-refractivity contribution in [2.75, 3.05) is 26.8 Å². The Balaban J connectivity index is 0.00000392. The lowest BCUT2D eigenvalue weighted by atomic mass is 10.2. The van der Waals surface area contributed by atoms with E-state index in [1.807, 2.05) is 37.3 Å². The standard InChI is InChI=1S/C21H30N4O2.HI/c1-4-27-20-12-19(10-11-23-20)14-25-21(22-3)24-13-17(2)15-26-16-18-8-6-5-7-9-18;/h5-12,17H,4,13-16H2,1-3H3,(H2,22,24,25);1H. The molecule has 2 aromatic rings. The molecule has 0 aliphatic carbocycles. The molecule has 7 heteroatoms. The van der Waals surface area contributed by atoms with E-state index in [1.54, 1.807) is 13.2 Å². The van der Waals surface area contributed by atoms with Crippen LogP contribution in [-0.2, 0) is 17.9 Å². The number of aromatic nitrogens is 1. The third-order valence-electron chi connectivity index (χ3n) is 3.91. The van der Waals surface area contributed by atoms with Crippen molar-refractivity contribution in [1.82, 2.24) is 15.6 Å². The average molecular weight is 498 g/mol. The maximum atomic E-state index is 5.79. The van der Waals surface area contributed by atoms with Gasteiger partial charge >= 0.3 is 0 Å². The molecule has 6 nitrogen and oxygen atoms in total. The minimum Gasteiger partial charge on any atom is -0.478 e. The first-order valence-corrected chi connectivity index (χ1v) is 9.35. The van der Waals surface area contributed by atoms with Gasteiger partial charge in [0.1, 0.15) is 0 Å². The van der Waals surface area contributed by atoms with Crippen molar-refractivity contribution >= 4 is 29.9 Å². The highest BCUT2D eigenvalue weighted by atomic mass is 127. The Morgan fingerprint density at radius 2 is 1.93 bits per heavy atom. The number of hydrogen-bond donors (Lipinski definition) is 2. The van der Waals surface area contributed by atoms with E-state index in [-0.39, 0.29) is 24.0 Å². The zero-order valence-electron chi connectivity index (χ0n) is 16.9. The van der Waals surface area contributed by atoms with Gasteiger partial charge in [0.15, 0.2) is 5.96 Å². The van der Waals surface area contributed by atoms with Gasteiger partial charge in [-0.05, 0) is 30.0 Å². The summed E-state index contributed by atoms with van der Waals surface area (Å²) >= 11 is 0. The number of nitrogens with zero attached hydrogens (tertiary/aromatic N) is 2. The summed E-state index contributed by atoms with van der Waals surface area (Å²) in [6.07, 6.45) is 1.75. The molecule has 0 fully saturated rings. The first-order chi connectivity index (χ1) is 13.2. The molecule has 0 spiro atoms. The number of nitrogens with one attached hydrogen (secondary N) is 2. The minimum absolute atomic E-state index is 0. The molecule has 2 N–H and O–H groups in total. The fourth-order valence-electron chi connectivity index (χ4n) is 2.48. The summed E-state index contributed by atoms with van der Waals surface area (Å²) in [4.78, 5) is 8.44. The van der Waals surface area contributed by atoms with Crippen LogP contribution in [0.1, 0.15) is 25.0 Å². The lowest BCUT2D eigenvalue weighted by Crippen LogP contribution is -2.39. The first kappa shape index (κ1) is 24.2. The third-order valence-corrected chi connectivity index (χ3v) is 3.91. The molecule has 0 saturated carbocycles. The highest BCUT2D eigenvalue weighted by Crippen LogP contribution is 2.09. The monoisotopic (exact) mass is 498 g/mol. The van der Waals surface area contributed by atoms with Crippen molar-refractivity contribution in [3.8, 4) is 5.88 Å². The summed E-state index contributed by atoms with van der Waals surface area (Å²) < 4.78 is 11.2. The molecular weight excluding hydrogens is 467 g/mol. The topological polar surface area (TPSA) is 67.8 Å². The second-order valence-electron chi connectivity index (χ2n) is 6.35. The van der Waals surface area contributed by atoms with Gasteiger partial charge in [0.2, 0.25) is 5.88 Å². The van der Waals surface area contributed by atoms with Gasteiger partial charge in [-0.25, -0.2) is 4.98 Å². The molecule has 0 saturated heterocycles. The summed E-state index contributed by atoms with van der Waals surface area (Å²) in [5, 5.41) is 6.65. The van der Waals surface area contributed by atoms with Crippen molar-refractivity contribution in [3.63, 3.8) is 0 Å². The molecule has 2 rings (SSSR count). The van der Waals surface area contributed by atoms with Crippen molar-refractivity contribution in [1.29, 1.82) is 0 Å². The fourth-order valence-corrected chi connectivity index (χ4v) is 2.48. The van der Waals surface area contributed by atoms with Gasteiger partial charge in [0, 0.05) is 32.4 Å². The third kappa shape index (κ3) is 9.36. The zero-order chi connectivity index (χ0) is 19.3. The number of rotatable bonds is 10. The molecule has 0 bridgehead atoms. The highest BCUT2D eigenvalue weighted by molar-refractivity contribution is 14.0. The van der Waals surface area contributed by atoms with Gasteiger partial charge in [-0.3, -0.25) is 4.99 Å². The van der Waals surface area contributed by atoms with Gasteiger partial charge in [-0.2, -0.15) is 0 Å². The van der Waals surface area contributed by atoms with Crippen LogP contribution in [0.4, 0.5) is 0 Å². The van der Waals surface area contributed by atoms with E-state index in [0.29, 0.717) is 38.2 Å². The summed E-state index contributed by atoms with van der Waals surface area (Å²) in [5.74, 6) is 1.78. The first-order valence-electron chi connectivity index (χ1n) is 9.35. The second-order valence-corrected chi connectivity index (χ2v) is 6.35. The van der Waals surface area contributed by atoms with Crippen LogP contribution in [0.25, 0.3) is 0 Å². The molecule has 0 aliphatic rings. The van der Waals surface area contributed by atoms with Crippen LogP contribution in [0.3, 0.4) is 0 Å². The van der Waals surface area contributed by atoms with Crippen molar-refractivity contribution in [2.24, 2.45) is 10.9 Å². The Hall–Kier alpha value is -1.87. The SMILES string of the molecule is CCOc1cc(CNC(=NC)NCC(C)COCc2ccccc2)ccn1.I. The van der Waals surface area contributed by atoms with Crippen LogP contribution in [0.2, 0.25) is 0 Å². The van der Waals surface area contributed by atoms with Gasteiger partial charge in [-0.1, -0.05) is 37.3 Å². The molecule has 1 atom stereocenters. The molecule has 0 amide bonds. The van der Waals surface area contributed by atoms with Crippen LogP contribution in [0.5, 0.6) is 5.88 Å². The molecule has 28 heavy (non-hydrogen) atoms. The smallest absolute Gasteiger partial charge is 0.213 e. The van der Waals surface area contributed by atoms with Gasteiger partial charge in [0.25, 0.3) is 0 Å². The number of hydrogen-bond acceptors (Lipinski definition) is 4. The normalized spacial score (nSPS) is 12.0. The maximum absolute atomic E-state index is 5.79. The predicted molar refractivity (Wildman–Crippen MR) is 124 cm³/mol. The minimum atomic E-state index is 0. The van der Waals surface area contributed by atoms with Crippen molar-refractivity contribution < 1.29 is 9.47 Å². The number of pyridine rings is 1. The van der Waals surface area contributed by atoms with E-state index >= 15 is 0 Å². The largest absolute Gasteiger partial charge is 0.478 e. The molecule has 0 aliphatic heterocycles. The summed E-state index contributed by atoms with van der Waals surface area (Å²) in [5.41, 5.74) is 2.29. The number of halogens is 1. The number of benzene rings is 1. The molecule has 154 valence electrons. The Bertz CT molecular complexity index is 698. The highest BCUT2D eigenvalue weighted by Gasteiger charge is 2.05. The van der Waals surface area contributed by atoms with Crippen LogP contribution >= 0.6 is 24.0 Å². The van der Waals surface area contributed by atoms with Crippen LogP contribution in [0, 0.1) is 5.92 Å². The Morgan fingerprint density at radius 3 is 2.64 bits per heavy atom. The molecule has 1 heterocycles. The number of aliphatic imine (C=N–C) groups is 1. The fraction of sp³-hybridized carbons (Fsp3) is 0.429. The van der Waals surface area contributed by atoms with E-state index in [0.717, 1.165) is 18.1 Å². The van der Waals surface area contributed by atoms with E-state index in [1.165, 1.54) is 5.56 Å². The Kier molecular flexibility index (Phi) is 12.2. The van der Waals surface area contributed by atoms with E-state index < -0.39 is 0 Å². The predicted octanol–water partition coefficient (Wildman–Crippen LogP) is 3.62. The van der Waals surface area contributed by atoms with E-state index in [9.17, 15) is 0 Å². The van der Waals surface area contributed by atoms with Gasteiger partial charge < -0.3 is 20.1 Å². The Labute approximate surface area is 185 Å². The number of ether oxygens (including phenoxy) is 2. The number of guanidine groups is 1. The molecule has 1 aromatic carbocycles. The lowest BCUT2D eigenvalue weighted by molar-refractivity contribution is 0.0931. The van der Waals surface area contributed by atoms with E-state index in [2.05, 4.69) is 39.7 Å². The molecule has 1 aromatic heterocycles. The quantitative estimate of drug-likeness (QED) is 0.298. The van der Waals surface area contributed by atoms with Crippen LogP contribution in [0.15, 0.2) is 53.7 Å². The average Bonchev–Trinajstić information content (AvgIpc) is 2.69. The zero-order valence-corrected chi connectivity index (χ0v) is 19.2. The van der Waals surface area contributed by atoms with Crippen molar-refractivity contribution in [3.05, 3.63) is 59.8 Å². The Morgan fingerprint density at radius 1 is 1.14 bits per heavy atom. The molecule has 0 radical (unpaired) electrons. The van der Waals surface area contributed by atoms with Gasteiger partial charge in [-0.15, -0.1) is 24.0 Å². The van der Waals surface area contributed by atoms with Gasteiger partial charge in [0.05, 0.1) is 19.8 Å². The van der Waals surface area contributed by atoms with Crippen LogP contribution in [-0.4, -0.2) is 37.7 Å². The maximum Gasteiger partial charge on any atom is 0.213 e. The molecule has 1 unspecified atom stereocenters. The summed E-state index contributed by atoms with van der Waals surface area (Å²) in [6, 6.07) is 14.1. The summed E-state index contributed by atoms with van der Waals surface area (Å²) in [6.45, 7) is 7.49. The molecular formula is C21H31IN4O2. The summed E-state index contributed by atoms with van der Waals surface area (Å²) in [7, 11) is 1.77. The second kappa shape index (κ2) is 14.2. The van der Waals surface area contributed by atoms with Crippen LogP contribution < -0.4 is 15.4 Å².